The second-order valence-corrected chi connectivity index (χ2v) is 4.99. The largest absolute Gasteiger partial charge is 0.334 e. The van der Waals surface area contributed by atoms with Gasteiger partial charge < -0.3 is 4.90 Å². The van der Waals surface area contributed by atoms with E-state index in [2.05, 4.69) is 11.9 Å². The van der Waals surface area contributed by atoms with Crippen LogP contribution in [0.25, 0.3) is 0 Å². The minimum absolute atomic E-state index is 0.109. The van der Waals surface area contributed by atoms with Crippen molar-refractivity contribution in [3.63, 3.8) is 0 Å². The van der Waals surface area contributed by atoms with Crippen molar-refractivity contribution >= 4 is 29.1 Å². The summed E-state index contributed by atoms with van der Waals surface area (Å²) in [6.45, 7) is 2.80. The van der Waals surface area contributed by atoms with Gasteiger partial charge in [0.25, 0.3) is 5.91 Å². The third-order valence-corrected chi connectivity index (χ3v) is 3.24. The van der Waals surface area contributed by atoms with Crippen LogP contribution in [0.1, 0.15) is 36.7 Å². The predicted molar refractivity (Wildman–Crippen MR) is 68.6 cm³/mol. The van der Waals surface area contributed by atoms with Gasteiger partial charge in [-0.1, -0.05) is 30.1 Å². The van der Waals surface area contributed by atoms with Crippen molar-refractivity contribution in [2.45, 2.75) is 32.2 Å². The van der Waals surface area contributed by atoms with Crippen LogP contribution < -0.4 is 0 Å². The molecule has 0 aromatic carbocycles. The molecule has 0 spiro atoms. The Morgan fingerprint density at radius 1 is 1.47 bits per heavy atom. The summed E-state index contributed by atoms with van der Waals surface area (Å²) in [6.07, 6.45) is 3.08. The average Bonchev–Trinajstić information content (AvgIpc) is 3.12. The second-order valence-electron chi connectivity index (χ2n) is 4.19. The molecule has 1 fully saturated rings. The van der Waals surface area contributed by atoms with Gasteiger partial charge >= 0.3 is 0 Å². The number of aromatic nitrogens is 1. The van der Waals surface area contributed by atoms with Crippen LogP contribution in [0.5, 0.6) is 0 Å². The first-order valence-electron chi connectivity index (χ1n) is 5.76. The summed E-state index contributed by atoms with van der Waals surface area (Å²) in [7, 11) is 0. The van der Waals surface area contributed by atoms with Crippen molar-refractivity contribution in [2.75, 3.05) is 6.54 Å². The van der Waals surface area contributed by atoms with E-state index in [1.807, 2.05) is 4.90 Å². The molecule has 0 atom stereocenters. The number of carbonyl (C=O) groups excluding carboxylic acids is 1. The van der Waals surface area contributed by atoms with Gasteiger partial charge in [0, 0.05) is 12.6 Å². The normalized spacial score (nSPS) is 14.8. The number of hydrogen-bond donors (Lipinski definition) is 0. The number of halogens is 2. The van der Waals surface area contributed by atoms with Gasteiger partial charge in [-0.05, 0) is 31.4 Å². The first-order chi connectivity index (χ1) is 8.13. The van der Waals surface area contributed by atoms with Crippen LogP contribution in [0.15, 0.2) is 12.1 Å². The quantitative estimate of drug-likeness (QED) is 0.788. The molecular formula is C12H14Cl2N2O. The van der Waals surface area contributed by atoms with E-state index in [0.29, 0.717) is 16.2 Å². The number of nitrogens with zero attached hydrogens (tertiary/aromatic N) is 2. The third kappa shape index (κ3) is 2.90. The van der Waals surface area contributed by atoms with Crippen molar-refractivity contribution in [3.05, 3.63) is 28.0 Å². The minimum Gasteiger partial charge on any atom is -0.334 e. The molecule has 1 aromatic rings. The third-order valence-electron chi connectivity index (χ3n) is 2.73. The topological polar surface area (TPSA) is 33.2 Å². The molecule has 1 aromatic heterocycles. The molecule has 1 aliphatic rings. The Labute approximate surface area is 111 Å². The van der Waals surface area contributed by atoms with Gasteiger partial charge in [-0.3, -0.25) is 4.79 Å². The monoisotopic (exact) mass is 272 g/mol. The summed E-state index contributed by atoms with van der Waals surface area (Å²) in [5.41, 5.74) is 0.263. The van der Waals surface area contributed by atoms with Gasteiger partial charge in [0.15, 0.2) is 0 Å². The maximum Gasteiger partial charge on any atom is 0.274 e. The Kier molecular flexibility index (Phi) is 3.89. The number of pyridine rings is 1. The van der Waals surface area contributed by atoms with Crippen LogP contribution in [0.3, 0.4) is 0 Å². The molecule has 0 aliphatic heterocycles. The van der Waals surface area contributed by atoms with Crippen LogP contribution in [0.4, 0.5) is 0 Å². The molecule has 0 saturated heterocycles. The molecule has 5 heteroatoms. The minimum atomic E-state index is -0.109. The summed E-state index contributed by atoms with van der Waals surface area (Å²) in [5.74, 6) is -0.109. The van der Waals surface area contributed by atoms with E-state index in [4.69, 9.17) is 23.2 Å². The molecule has 0 radical (unpaired) electrons. The second kappa shape index (κ2) is 5.23. The Hall–Kier alpha value is -0.800. The van der Waals surface area contributed by atoms with Gasteiger partial charge in [-0.2, -0.15) is 0 Å². The first kappa shape index (κ1) is 12.7. The van der Waals surface area contributed by atoms with Crippen molar-refractivity contribution in [1.29, 1.82) is 0 Å². The lowest BCUT2D eigenvalue weighted by Gasteiger charge is -2.21. The highest BCUT2D eigenvalue weighted by Crippen LogP contribution is 2.29. The number of amides is 1. The molecule has 1 amide bonds. The lowest BCUT2D eigenvalue weighted by Crippen LogP contribution is -2.34. The van der Waals surface area contributed by atoms with Crippen LogP contribution in [0.2, 0.25) is 10.2 Å². The zero-order valence-electron chi connectivity index (χ0n) is 9.62. The molecule has 17 heavy (non-hydrogen) atoms. The van der Waals surface area contributed by atoms with E-state index in [-0.39, 0.29) is 11.6 Å². The summed E-state index contributed by atoms with van der Waals surface area (Å²) in [5, 5.41) is 0.658. The maximum absolute atomic E-state index is 12.3. The van der Waals surface area contributed by atoms with E-state index < -0.39 is 0 Å². The number of rotatable bonds is 4. The molecule has 1 aliphatic carbocycles. The first-order valence-corrected chi connectivity index (χ1v) is 6.52. The lowest BCUT2D eigenvalue weighted by molar-refractivity contribution is 0.0737. The van der Waals surface area contributed by atoms with Crippen LogP contribution >= 0.6 is 23.2 Å². The summed E-state index contributed by atoms with van der Waals surface area (Å²) < 4.78 is 0. The highest BCUT2D eigenvalue weighted by Gasteiger charge is 2.33. The van der Waals surface area contributed by atoms with E-state index in [1.54, 1.807) is 12.1 Å². The predicted octanol–water partition coefficient (Wildman–Crippen LogP) is 3.40. The van der Waals surface area contributed by atoms with Crippen molar-refractivity contribution < 1.29 is 4.79 Å². The molecular weight excluding hydrogens is 259 g/mol. The van der Waals surface area contributed by atoms with Crippen LogP contribution in [-0.4, -0.2) is 28.4 Å². The van der Waals surface area contributed by atoms with Gasteiger partial charge in [0.1, 0.15) is 10.8 Å². The van der Waals surface area contributed by atoms with Gasteiger partial charge in [0.05, 0.1) is 5.02 Å². The fourth-order valence-electron chi connectivity index (χ4n) is 1.78. The maximum atomic E-state index is 12.3. The van der Waals surface area contributed by atoms with Crippen molar-refractivity contribution in [3.8, 4) is 0 Å². The molecule has 2 rings (SSSR count). The van der Waals surface area contributed by atoms with Crippen molar-refractivity contribution in [2.24, 2.45) is 0 Å². The molecule has 1 saturated carbocycles. The van der Waals surface area contributed by atoms with Crippen molar-refractivity contribution in [1.82, 2.24) is 9.88 Å². The standard InChI is InChI=1S/C12H14Cl2N2O/c1-2-7-16(8-3-4-8)12(17)11-9(13)5-6-10(14)15-11/h5-6,8H,2-4,7H2,1H3. The van der Waals surface area contributed by atoms with Crippen LogP contribution in [-0.2, 0) is 0 Å². The van der Waals surface area contributed by atoms with E-state index in [9.17, 15) is 4.79 Å². The number of hydrogen-bond acceptors (Lipinski definition) is 2. The van der Waals surface area contributed by atoms with E-state index >= 15 is 0 Å². The van der Waals surface area contributed by atoms with E-state index in [1.165, 1.54) is 0 Å². The summed E-state index contributed by atoms with van der Waals surface area (Å²) in [4.78, 5) is 18.2. The zero-order chi connectivity index (χ0) is 12.4. The summed E-state index contributed by atoms with van der Waals surface area (Å²) in [6, 6.07) is 3.56. The fraction of sp³-hybridized carbons (Fsp3) is 0.500. The van der Waals surface area contributed by atoms with E-state index in [0.717, 1.165) is 25.8 Å². The Morgan fingerprint density at radius 2 is 2.18 bits per heavy atom. The molecule has 0 N–H and O–H groups in total. The molecule has 1 heterocycles. The van der Waals surface area contributed by atoms with Gasteiger partial charge in [-0.15, -0.1) is 0 Å². The highest BCUT2D eigenvalue weighted by atomic mass is 35.5. The fourth-order valence-corrected chi connectivity index (χ4v) is 2.11. The lowest BCUT2D eigenvalue weighted by atomic mass is 10.3. The Morgan fingerprint density at radius 3 is 2.76 bits per heavy atom. The average molecular weight is 273 g/mol. The Bertz CT molecular complexity index is 433. The molecule has 92 valence electrons. The molecule has 0 unspecified atom stereocenters. The van der Waals surface area contributed by atoms with Gasteiger partial charge in [-0.25, -0.2) is 4.98 Å². The smallest absolute Gasteiger partial charge is 0.274 e. The number of carbonyl (C=O) groups is 1. The van der Waals surface area contributed by atoms with Gasteiger partial charge in [0.2, 0.25) is 0 Å². The highest BCUT2D eigenvalue weighted by molar-refractivity contribution is 6.34. The Balaban J connectivity index is 2.24. The SMILES string of the molecule is CCCN(C(=O)c1nc(Cl)ccc1Cl)C1CC1. The summed E-state index contributed by atoms with van der Waals surface area (Å²) >= 11 is 11.8. The molecule has 0 bridgehead atoms. The molecule has 3 nitrogen and oxygen atoms in total. The zero-order valence-corrected chi connectivity index (χ0v) is 11.1. The van der Waals surface area contributed by atoms with Crippen LogP contribution in [0, 0.1) is 0 Å².